The van der Waals surface area contributed by atoms with Crippen LogP contribution in [0.4, 0.5) is 0 Å². The van der Waals surface area contributed by atoms with Crippen LogP contribution in [0.2, 0.25) is 0 Å². The monoisotopic (exact) mass is 249 g/mol. The highest BCUT2D eigenvalue weighted by Gasteiger charge is 2.39. The summed E-state index contributed by atoms with van der Waals surface area (Å²) in [6.45, 7) is 7.25. The fourth-order valence-corrected chi connectivity index (χ4v) is 2.67. The van der Waals surface area contributed by atoms with Crippen LogP contribution in [0.15, 0.2) is 24.3 Å². The van der Waals surface area contributed by atoms with E-state index in [4.69, 9.17) is 4.74 Å². The number of aromatic hydroxyl groups is 1. The van der Waals surface area contributed by atoms with Gasteiger partial charge < -0.3 is 15.2 Å². The topological polar surface area (TPSA) is 41.5 Å². The van der Waals surface area contributed by atoms with Gasteiger partial charge in [0, 0.05) is 18.7 Å². The predicted molar refractivity (Wildman–Crippen MR) is 72.7 cm³/mol. The van der Waals surface area contributed by atoms with E-state index in [0.717, 1.165) is 25.0 Å². The van der Waals surface area contributed by atoms with Gasteiger partial charge in [-0.25, -0.2) is 0 Å². The van der Waals surface area contributed by atoms with Crippen LogP contribution in [0, 0.1) is 0 Å². The van der Waals surface area contributed by atoms with E-state index >= 15 is 0 Å². The third kappa shape index (κ3) is 2.68. The fraction of sp³-hybridized carbons (Fsp3) is 0.600. The maximum Gasteiger partial charge on any atom is 0.115 e. The van der Waals surface area contributed by atoms with Gasteiger partial charge in [0.2, 0.25) is 0 Å². The minimum Gasteiger partial charge on any atom is -0.508 e. The second kappa shape index (κ2) is 5.29. The van der Waals surface area contributed by atoms with Crippen molar-refractivity contribution in [2.45, 2.75) is 51.3 Å². The first-order valence-corrected chi connectivity index (χ1v) is 6.72. The molecular formula is C15H23NO2. The van der Waals surface area contributed by atoms with Gasteiger partial charge in [-0.05, 0) is 37.5 Å². The second-order valence-electron chi connectivity index (χ2n) is 5.52. The SMILES string of the molecule is CC(C)NC1CCCOC1(C)c1ccc(O)cc1. The molecule has 0 aliphatic carbocycles. The average molecular weight is 249 g/mol. The third-order valence-corrected chi connectivity index (χ3v) is 3.68. The zero-order valence-electron chi connectivity index (χ0n) is 11.4. The lowest BCUT2D eigenvalue weighted by Crippen LogP contribution is -2.53. The van der Waals surface area contributed by atoms with Crippen LogP contribution in [0.25, 0.3) is 0 Å². The molecule has 0 amide bonds. The Hall–Kier alpha value is -1.06. The molecule has 0 spiro atoms. The average Bonchev–Trinajstić information content (AvgIpc) is 2.32. The molecule has 0 saturated carbocycles. The number of ether oxygens (including phenoxy) is 1. The van der Waals surface area contributed by atoms with Crippen LogP contribution in [-0.2, 0) is 10.3 Å². The van der Waals surface area contributed by atoms with Gasteiger partial charge in [0.1, 0.15) is 11.4 Å². The van der Waals surface area contributed by atoms with Crippen LogP contribution in [0.5, 0.6) is 5.75 Å². The normalized spacial score (nSPS) is 28.6. The molecule has 0 radical (unpaired) electrons. The van der Waals surface area contributed by atoms with E-state index in [1.54, 1.807) is 12.1 Å². The van der Waals surface area contributed by atoms with Crippen molar-refractivity contribution in [1.82, 2.24) is 5.32 Å². The molecule has 2 unspecified atom stereocenters. The van der Waals surface area contributed by atoms with Crippen LogP contribution >= 0.6 is 0 Å². The molecule has 1 aromatic rings. The molecule has 0 bridgehead atoms. The number of phenols is 1. The Morgan fingerprint density at radius 3 is 2.61 bits per heavy atom. The number of rotatable bonds is 3. The van der Waals surface area contributed by atoms with Crippen LogP contribution in [-0.4, -0.2) is 23.8 Å². The lowest BCUT2D eigenvalue weighted by Gasteiger charge is -2.43. The molecule has 2 atom stereocenters. The van der Waals surface area contributed by atoms with Crippen molar-refractivity contribution < 1.29 is 9.84 Å². The van der Waals surface area contributed by atoms with Crippen LogP contribution < -0.4 is 5.32 Å². The van der Waals surface area contributed by atoms with E-state index < -0.39 is 0 Å². The summed E-state index contributed by atoms with van der Waals surface area (Å²) in [4.78, 5) is 0. The van der Waals surface area contributed by atoms with Crippen LogP contribution in [0.1, 0.15) is 39.2 Å². The smallest absolute Gasteiger partial charge is 0.115 e. The summed E-state index contributed by atoms with van der Waals surface area (Å²) in [6, 6.07) is 8.12. The molecule has 3 nitrogen and oxygen atoms in total. The highest BCUT2D eigenvalue weighted by Crippen LogP contribution is 2.35. The zero-order chi connectivity index (χ0) is 13.2. The minimum atomic E-state index is -0.309. The van der Waals surface area contributed by atoms with Gasteiger partial charge in [-0.2, -0.15) is 0 Å². The molecular weight excluding hydrogens is 226 g/mol. The maximum atomic E-state index is 9.39. The van der Waals surface area contributed by atoms with Crippen molar-refractivity contribution in [1.29, 1.82) is 0 Å². The predicted octanol–water partition coefficient (Wildman–Crippen LogP) is 2.78. The quantitative estimate of drug-likeness (QED) is 0.865. The van der Waals surface area contributed by atoms with E-state index in [0.29, 0.717) is 17.8 Å². The van der Waals surface area contributed by atoms with Crippen molar-refractivity contribution in [3.05, 3.63) is 29.8 Å². The molecule has 0 aromatic heterocycles. The summed E-state index contributed by atoms with van der Waals surface area (Å²) in [5.41, 5.74) is 0.814. The van der Waals surface area contributed by atoms with E-state index in [1.807, 2.05) is 12.1 Å². The summed E-state index contributed by atoms with van der Waals surface area (Å²) < 4.78 is 6.06. The summed E-state index contributed by atoms with van der Waals surface area (Å²) in [6.07, 6.45) is 2.22. The van der Waals surface area contributed by atoms with Gasteiger partial charge in [-0.1, -0.05) is 26.0 Å². The zero-order valence-corrected chi connectivity index (χ0v) is 11.4. The molecule has 18 heavy (non-hydrogen) atoms. The van der Waals surface area contributed by atoms with Gasteiger partial charge >= 0.3 is 0 Å². The first kappa shape index (κ1) is 13.4. The molecule has 1 saturated heterocycles. The van der Waals surface area contributed by atoms with Crippen molar-refractivity contribution in [3.8, 4) is 5.75 Å². The third-order valence-electron chi connectivity index (χ3n) is 3.68. The van der Waals surface area contributed by atoms with Gasteiger partial charge in [-0.15, -0.1) is 0 Å². The molecule has 1 aliphatic heterocycles. The van der Waals surface area contributed by atoms with E-state index in [9.17, 15) is 5.11 Å². The summed E-state index contributed by atoms with van der Waals surface area (Å²) in [5.74, 6) is 0.298. The van der Waals surface area contributed by atoms with Gasteiger partial charge in [-0.3, -0.25) is 0 Å². The van der Waals surface area contributed by atoms with Crippen molar-refractivity contribution in [3.63, 3.8) is 0 Å². The van der Waals surface area contributed by atoms with E-state index in [-0.39, 0.29) is 5.60 Å². The molecule has 100 valence electrons. The Labute approximate surface area is 109 Å². The number of hydrogen-bond donors (Lipinski definition) is 2. The molecule has 2 N–H and O–H groups in total. The van der Waals surface area contributed by atoms with Gasteiger partial charge in [0.05, 0.1) is 0 Å². The van der Waals surface area contributed by atoms with Crippen molar-refractivity contribution >= 4 is 0 Å². The molecule has 2 rings (SSSR count). The minimum absolute atomic E-state index is 0.298. The second-order valence-corrected chi connectivity index (χ2v) is 5.52. The molecule has 1 aliphatic rings. The highest BCUT2D eigenvalue weighted by molar-refractivity contribution is 5.31. The fourth-order valence-electron chi connectivity index (χ4n) is 2.67. The Balaban J connectivity index is 2.26. The standard InChI is InChI=1S/C15H23NO2/c1-11(2)16-14-5-4-10-18-15(14,3)12-6-8-13(17)9-7-12/h6-9,11,14,16-17H,4-5,10H2,1-3H3. The number of hydrogen-bond acceptors (Lipinski definition) is 3. The van der Waals surface area contributed by atoms with Gasteiger partial charge in [0.25, 0.3) is 0 Å². The molecule has 3 heteroatoms. The lowest BCUT2D eigenvalue weighted by atomic mass is 9.83. The van der Waals surface area contributed by atoms with Crippen molar-refractivity contribution in [2.75, 3.05) is 6.61 Å². The maximum absolute atomic E-state index is 9.39. The Kier molecular flexibility index (Phi) is 3.93. The summed E-state index contributed by atoms with van der Waals surface area (Å²) >= 11 is 0. The lowest BCUT2D eigenvalue weighted by molar-refractivity contribution is -0.0955. The Bertz CT molecular complexity index is 388. The summed E-state index contributed by atoms with van der Waals surface area (Å²) in [5, 5.41) is 13.0. The first-order valence-electron chi connectivity index (χ1n) is 6.72. The Morgan fingerprint density at radius 1 is 1.33 bits per heavy atom. The Morgan fingerprint density at radius 2 is 2.00 bits per heavy atom. The number of nitrogens with one attached hydrogen (secondary N) is 1. The molecule has 1 heterocycles. The van der Waals surface area contributed by atoms with Crippen LogP contribution in [0.3, 0.4) is 0 Å². The molecule has 1 fully saturated rings. The van der Waals surface area contributed by atoms with Crippen molar-refractivity contribution in [2.24, 2.45) is 0 Å². The van der Waals surface area contributed by atoms with E-state index in [2.05, 4.69) is 26.1 Å². The molecule has 1 aromatic carbocycles. The van der Waals surface area contributed by atoms with Gasteiger partial charge in [0.15, 0.2) is 0 Å². The van der Waals surface area contributed by atoms with E-state index in [1.165, 1.54) is 0 Å². The number of benzene rings is 1. The number of phenolic OH excluding ortho intramolecular Hbond substituents is 1. The highest BCUT2D eigenvalue weighted by atomic mass is 16.5. The largest absolute Gasteiger partial charge is 0.508 e. The summed E-state index contributed by atoms with van der Waals surface area (Å²) in [7, 11) is 0. The first-order chi connectivity index (χ1) is 8.52.